The van der Waals surface area contributed by atoms with Crippen LogP contribution in [0.1, 0.15) is 40.7 Å². The summed E-state index contributed by atoms with van der Waals surface area (Å²) < 4.78 is 28.4. The molecular formula is C27H32N6O3S2. The molecule has 3 aromatic rings. The van der Waals surface area contributed by atoms with Gasteiger partial charge in [-0.25, -0.2) is 13.4 Å². The molecule has 1 amide bonds. The van der Waals surface area contributed by atoms with Crippen molar-refractivity contribution in [1.82, 2.24) is 14.2 Å². The number of aryl methyl sites for hydroxylation is 2. The van der Waals surface area contributed by atoms with E-state index in [0.717, 1.165) is 38.6 Å². The van der Waals surface area contributed by atoms with Crippen molar-refractivity contribution < 1.29 is 13.2 Å². The summed E-state index contributed by atoms with van der Waals surface area (Å²) in [5.74, 6) is -0.257. The molecule has 9 nitrogen and oxygen atoms in total. The minimum atomic E-state index is -3.92. The fraction of sp³-hybridized carbons (Fsp3) is 0.407. The van der Waals surface area contributed by atoms with Gasteiger partial charge < -0.3 is 4.90 Å². The van der Waals surface area contributed by atoms with E-state index in [1.54, 1.807) is 4.90 Å². The highest BCUT2D eigenvalue weighted by Crippen LogP contribution is 2.33. The largest absolute Gasteiger partial charge is 0.309 e. The van der Waals surface area contributed by atoms with E-state index >= 15 is 0 Å². The molecule has 0 aliphatic rings. The van der Waals surface area contributed by atoms with E-state index in [2.05, 4.69) is 4.90 Å². The number of thiazole rings is 1. The molecule has 0 aliphatic carbocycles. The number of carbonyl (C=O) groups is 1. The van der Waals surface area contributed by atoms with Gasteiger partial charge in [0.1, 0.15) is 0 Å². The minimum Gasteiger partial charge on any atom is -0.309 e. The molecule has 2 aromatic carbocycles. The third-order valence-electron chi connectivity index (χ3n) is 6.22. The number of benzene rings is 2. The predicted octanol–water partition coefficient (Wildman–Crippen LogP) is 4.33. The quantitative estimate of drug-likeness (QED) is 0.328. The Labute approximate surface area is 228 Å². The molecule has 0 atom stereocenters. The second-order valence-corrected chi connectivity index (χ2v) is 12.2. The number of fused-ring (bicyclic) bond motifs is 1. The standard InChI is InChI=1S/C27H32N6O3S2/c1-20-8-13-24-25(21(20)2)30-27(37-24)33(19-7-16-31(3)4)26(34)22-9-11-23(12-10-22)38(35,36)32(17-5-14-28)18-6-15-29/h8-13H,5-7,16-19H2,1-4H3. The fourth-order valence-electron chi connectivity index (χ4n) is 3.93. The summed E-state index contributed by atoms with van der Waals surface area (Å²) in [5.41, 5.74) is 3.45. The fourth-order valence-corrected chi connectivity index (χ4v) is 6.43. The van der Waals surface area contributed by atoms with Crippen molar-refractivity contribution in [2.45, 2.75) is 38.0 Å². The Morgan fingerprint density at radius 2 is 1.58 bits per heavy atom. The van der Waals surface area contributed by atoms with Gasteiger partial charge in [-0.3, -0.25) is 9.69 Å². The van der Waals surface area contributed by atoms with Crippen molar-refractivity contribution in [3.8, 4) is 12.1 Å². The van der Waals surface area contributed by atoms with Gasteiger partial charge in [-0.1, -0.05) is 17.4 Å². The van der Waals surface area contributed by atoms with Crippen LogP contribution in [0, 0.1) is 36.5 Å². The lowest BCUT2D eigenvalue weighted by Crippen LogP contribution is -2.34. The molecule has 1 heterocycles. The molecule has 0 spiro atoms. The second kappa shape index (κ2) is 12.9. The van der Waals surface area contributed by atoms with Crippen LogP contribution in [-0.2, 0) is 10.0 Å². The number of aromatic nitrogens is 1. The van der Waals surface area contributed by atoms with E-state index in [0.29, 0.717) is 17.2 Å². The first-order chi connectivity index (χ1) is 18.1. The number of nitriles is 2. The van der Waals surface area contributed by atoms with Crippen LogP contribution in [0.15, 0.2) is 41.3 Å². The van der Waals surface area contributed by atoms with Crippen LogP contribution in [0.25, 0.3) is 10.2 Å². The first kappa shape index (κ1) is 29.2. The lowest BCUT2D eigenvalue weighted by Gasteiger charge is -2.22. The van der Waals surface area contributed by atoms with Crippen LogP contribution in [0.3, 0.4) is 0 Å². The molecule has 0 radical (unpaired) electrons. The van der Waals surface area contributed by atoms with Gasteiger partial charge in [0.15, 0.2) is 5.13 Å². The first-order valence-corrected chi connectivity index (χ1v) is 14.5. The van der Waals surface area contributed by atoms with Crippen LogP contribution in [0.4, 0.5) is 5.13 Å². The van der Waals surface area contributed by atoms with E-state index < -0.39 is 10.0 Å². The monoisotopic (exact) mass is 552 g/mol. The maximum absolute atomic E-state index is 13.7. The van der Waals surface area contributed by atoms with Crippen LogP contribution in [0.5, 0.6) is 0 Å². The van der Waals surface area contributed by atoms with E-state index in [1.165, 1.54) is 35.6 Å². The number of carbonyl (C=O) groups excluding carboxylic acids is 1. The Kier molecular flexibility index (Phi) is 9.95. The molecule has 0 bridgehead atoms. The minimum absolute atomic E-state index is 0.00263. The topological polar surface area (TPSA) is 121 Å². The van der Waals surface area contributed by atoms with E-state index in [1.807, 2.05) is 52.2 Å². The lowest BCUT2D eigenvalue weighted by molar-refractivity contribution is 0.0986. The zero-order valence-electron chi connectivity index (χ0n) is 22.1. The van der Waals surface area contributed by atoms with Crippen LogP contribution < -0.4 is 4.90 Å². The number of sulfonamides is 1. The van der Waals surface area contributed by atoms with Gasteiger partial charge in [-0.2, -0.15) is 14.8 Å². The Morgan fingerprint density at radius 3 is 2.16 bits per heavy atom. The molecule has 1 aromatic heterocycles. The van der Waals surface area contributed by atoms with Crippen molar-refractivity contribution >= 4 is 42.6 Å². The van der Waals surface area contributed by atoms with E-state index in [-0.39, 0.29) is 36.7 Å². The van der Waals surface area contributed by atoms with Crippen molar-refractivity contribution in [2.24, 2.45) is 0 Å². The maximum Gasteiger partial charge on any atom is 0.260 e. The molecule has 0 saturated heterocycles. The Balaban J connectivity index is 1.92. The zero-order valence-corrected chi connectivity index (χ0v) is 23.8. The van der Waals surface area contributed by atoms with E-state index in [9.17, 15) is 13.2 Å². The Hall–Kier alpha value is -3.35. The molecule has 0 fully saturated rings. The van der Waals surface area contributed by atoms with Crippen molar-refractivity contribution in [3.63, 3.8) is 0 Å². The summed E-state index contributed by atoms with van der Waals surface area (Å²) in [7, 11) is 0.0358. The molecule has 3 rings (SSSR count). The summed E-state index contributed by atoms with van der Waals surface area (Å²) in [4.78, 5) is 22.2. The number of nitrogens with zero attached hydrogens (tertiary/aromatic N) is 6. The van der Waals surface area contributed by atoms with Gasteiger partial charge in [-0.05, 0) is 82.4 Å². The number of hydrogen-bond donors (Lipinski definition) is 0. The normalized spacial score (nSPS) is 11.6. The molecule has 11 heteroatoms. The average molecular weight is 553 g/mol. The highest BCUT2D eigenvalue weighted by Gasteiger charge is 2.26. The number of hydrogen-bond acceptors (Lipinski definition) is 8. The smallest absolute Gasteiger partial charge is 0.260 e. The summed E-state index contributed by atoms with van der Waals surface area (Å²) in [6.07, 6.45) is 0.778. The van der Waals surface area contributed by atoms with Gasteiger partial charge in [0, 0.05) is 38.0 Å². The summed E-state index contributed by atoms with van der Waals surface area (Å²) in [5, 5.41) is 18.4. The van der Waals surface area contributed by atoms with Crippen LogP contribution in [0.2, 0.25) is 0 Å². The van der Waals surface area contributed by atoms with Crippen molar-refractivity contribution in [3.05, 3.63) is 53.1 Å². The zero-order chi connectivity index (χ0) is 27.9. The van der Waals surface area contributed by atoms with E-state index in [4.69, 9.17) is 15.5 Å². The third-order valence-corrected chi connectivity index (χ3v) is 9.18. The maximum atomic E-state index is 13.7. The molecule has 200 valence electrons. The Morgan fingerprint density at radius 1 is 0.947 bits per heavy atom. The predicted molar refractivity (Wildman–Crippen MR) is 150 cm³/mol. The summed E-state index contributed by atoms with van der Waals surface area (Å²) >= 11 is 1.46. The molecule has 0 N–H and O–H groups in total. The summed E-state index contributed by atoms with van der Waals surface area (Å²) in [6.45, 7) is 5.31. The first-order valence-electron chi connectivity index (χ1n) is 12.3. The lowest BCUT2D eigenvalue weighted by atomic mass is 10.1. The van der Waals surface area contributed by atoms with Crippen LogP contribution in [-0.4, -0.2) is 68.8 Å². The average Bonchev–Trinajstić information content (AvgIpc) is 3.33. The van der Waals surface area contributed by atoms with Crippen molar-refractivity contribution in [1.29, 1.82) is 10.5 Å². The molecule has 0 saturated carbocycles. The molecule has 0 unspecified atom stereocenters. The number of anilines is 1. The highest BCUT2D eigenvalue weighted by atomic mass is 32.2. The van der Waals surface area contributed by atoms with Crippen molar-refractivity contribution in [2.75, 3.05) is 45.2 Å². The van der Waals surface area contributed by atoms with Gasteiger partial charge in [0.2, 0.25) is 10.0 Å². The van der Waals surface area contributed by atoms with Gasteiger partial charge in [-0.15, -0.1) is 0 Å². The number of amides is 1. The highest BCUT2D eigenvalue weighted by molar-refractivity contribution is 7.89. The second-order valence-electron chi connectivity index (χ2n) is 9.21. The molecule has 38 heavy (non-hydrogen) atoms. The third kappa shape index (κ3) is 6.74. The van der Waals surface area contributed by atoms with Gasteiger partial charge in [0.05, 0.1) is 27.3 Å². The van der Waals surface area contributed by atoms with Crippen LogP contribution >= 0.6 is 11.3 Å². The Bertz CT molecular complexity index is 1450. The SMILES string of the molecule is Cc1ccc2sc(N(CCCN(C)C)C(=O)c3ccc(S(=O)(=O)N(CCC#N)CCC#N)cc3)nc2c1C. The van der Waals surface area contributed by atoms with Gasteiger partial charge in [0.25, 0.3) is 5.91 Å². The summed E-state index contributed by atoms with van der Waals surface area (Å²) in [6, 6.07) is 13.8. The molecular weight excluding hydrogens is 520 g/mol. The molecule has 0 aliphatic heterocycles. The number of rotatable bonds is 12. The van der Waals surface area contributed by atoms with Gasteiger partial charge >= 0.3 is 0 Å².